The van der Waals surface area contributed by atoms with Gasteiger partial charge in [-0.05, 0) is 115 Å². The van der Waals surface area contributed by atoms with Crippen molar-refractivity contribution < 1.29 is 52.3 Å². The Morgan fingerprint density at radius 2 is 0.986 bits per heavy atom. The summed E-state index contributed by atoms with van der Waals surface area (Å²) in [5.74, 6) is 0. The van der Waals surface area contributed by atoms with E-state index < -0.39 is 65.7 Å². The van der Waals surface area contributed by atoms with Gasteiger partial charge in [0.1, 0.15) is 10.6 Å². The van der Waals surface area contributed by atoms with E-state index in [9.17, 15) is 57.4 Å². The number of rotatable bonds is 15. The van der Waals surface area contributed by atoms with Crippen molar-refractivity contribution in [3.8, 4) is 0 Å². The van der Waals surface area contributed by atoms with Crippen molar-refractivity contribution in [3.63, 3.8) is 0 Å². The molecule has 8 rings (SSSR count). The standard InChI is InChI=1S/C44H32N8O13S4/c53-52(54)42-26-32(66(55,56)51-30-13-15-31(16-14-30)67(57,58)59)18-20-40(42)45-28-9-11-29(12-10-28)47-48-37-21-22-39(36-25-33(68(60,61)62)17-19-34(36)37)50-49-38-23-24-41(46-27-5-2-1-3-6-27)44-35(38)7-4-8-43(44)69(63,64)65/h1-26,45-46,51H,(H,57,58,59)(H,60,61,62)(H,63,64,65). The average Bonchev–Trinajstić information content (AvgIpc) is 3.30. The van der Waals surface area contributed by atoms with Crippen LogP contribution < -0.4 is 15.4 Å². The van der Waals surface area contributed by atoms with E-state index in [2.05, 4.69) is 35.8 Å². The van der Waals surface area contributed by atoms with Gasteiger partial charge in [0.05, 0.1) is 42.4 Å². The molecule has 0 spiro atoms. The van der Waals surface area contributed by atoms with Gasteiger partial charge in [0.2, 0.25) is 0 Å². The number of fused-ring (bicyclic) bond motifs is 2. The molecule has 0 heterocycles. The quantitative estimate of drug-likeness (QED) is 0.0241. The van der Waals surface area contributed by atoms with Crippen molar-refractivity contribution in [1.29, 1.82) is 0 Å². The first kappa shape index (κ1) is 47.5. The number of sulfonamides is 1. The highest BCUT2D eigenvalue weighted by atomic mass is 32.2. The van der Waals surface area contributed by atoms with Gasteiger partial charge >= 0.3 is 0 Å². The Morgan fingerprint density at radius 3 is 1.62 bits per heavy atom. The third kappa shape index (κ3) is 10.7. The molecule has 0 unspecified atom stereocenters. The maximum Gasteiger partial charge on any atom is 0.295 e. The molecular formula is C44H32N8O13S4. The molecule has 25 heteroatoms. The Bertz CT molecular complexity index is 3880. The van der Waals surface area contributed by atoms with Gasteiger partial charge in [0.25, 0.3) is 46.1 Å². The molecule has 0 aromatic heterocycles. The van der Waals surface area contributed by atoms with Crippen LogP contribution in [0.2, 0.25) is 0 Å². The molecule has 0 aliphatic rings. The molecule has 21 nitrogen and oxygen atoms in total. The lowest BCUT2D eigenvalue weighted by Gasteiger charge is -2.14. The van der Waals surface area contributed by atoms with E-state index >= 15 is 0 Å². The lowest BCUT2D eigenvalue weighted by Crippen LogP contribution is -2.13. The molecule has 0 aliphatic carbocycles. The number of nitro groups is 1. The smallest absolute Gasteiger partial charge is 0.295 e. The van der Waals surface area contributed by atoms with Crippen molar-refractivity contribution in [3.05, 3.63) is 168 Å². The van der Waals surface area contributed by atoms with Crippen LogP contribution in [-0.2, 0) is 40.4 Å². The van der Waals surface area contributed by atoms with Crippen LogP contribution in [0.1, 0.15) is 0 Å². The number of nitrogens with one attached hydrogen (secondary N) is 3. The van der Waals surface area contributed by atoms with Gasteiger partial charge in [-0.3, -0.25) is 28.5 Å². The normalized spacial score (nSPS) is 12.4. The molecule has 0 saturated carbocycles. The van der Waals surface area contributed by atoms with Gasteiger partial charge in [0, 0.05) is 50.4 Å². The predicted molar refractivity (Wildman–Crippen MR) is 255 cm³/mol. The van der Waals surface area contributed by atoms with Gasteiger partial charge in [-0.2, -0.15) is 30.4 Å². The van der Waals surface area contributed by atoms with Crippen molar-refractivity contribution in [2.45, 2.75) is 19.6 Å². The van der Waals surface area contributed by atoms with Crippen molar-refractivity contribution in [2.24, 2.45) is 20.5 Å². The highest BCUT2D eigenvalue weighted by Gasteiger charge is 2.23. The predicted octanol–water partition coefficient (Wildman–Crippen LogP) is 10.8. The van der Waals surface area contributed by atoms with Crippen LogP contribution in [0.25, 0.3) is 21.5 Å². The van der Waals surface area contributed by atoms with Crippen molar-refractivity contribution in [1.82, 2.24) is 0 Å². The van der Waals surface area contributed by atoms with Crippen LogP contribution in [0, 0.1) is 10.1 Å². The van der Waals surface area contributed by atoms with E-state index in [1.807, 2.05) is 6.07 Å². The zero-order valence-corrected chi connectivity index (χ0v) is 38.1. The summed E-state index contributed by atoms with van der Waals surface area (Å²) in [4.78, 5) is 9.49. The second kappa shape index (κ2) is 18.6. The topological polar surface area (TPSA) is 326 Å². The second-order valence-electron chi connectivity index (χ2n) is 14.7. The van der Waals surface area contributed by atoms with Crippen LogP contribution >= 0.6 is 0 Å². The molecule has 0 atom stereocenters. The summed E-state index contributed by atoms with van der Waals surface area (Å²) < 4.78 is 130. The number of hydrogen-bond donors (Lipinski definition) is 6. The molecule has 8 aromatic rings. The fourth-order valence-corrected chi connectivity index (χ4v) is 9.70. The molecule has 0 fully saturated rings. The van der Waals surface area contributed by atoms with E-state index in [-0.39, 0.29) is 44.1 Å². The second-order valence-corrected chi connectivity index (χ2v) is 20.6. The average molecular weight is 1010 g/mol. The maximum atomic E-state index is 13.1. The van der Waals surface area contributed by atoms with Crippen LogP contribution in [0.5, 0.6) is 0 Å². The summed E-state index contributed by atoms with van der Waals surface area (Å²) in [5.41, 5.74) is 1.45. The molecule has 0 bridgehead atoms. The molecule has 8 aromatic carbocycles. The number of nitrogens with zero attached hydrogens (tertiary/aromatic N) is 5. The van der Waals surface area contributed by atoms with Crippen molar-refractivity contribution >= 4 is 119 Å². The van der Waals surface area contributed by atoms with Crippen LogP contribution in [0.15, 0.2) is 198 Å². The van der Waals surface area contributed by atoms with Gasteiger partial charge in [-0.15, -0.1) is 15.3 Å². The van der Waals surface area contributed by atoms with E-state index in [1.165, 1.54) is 66.7 Å². The number of azo groups is 2. The SMILES string of the molecule is O=[N+]([O-])c1cc(S(=O)(=O)Nc2ccc(S(=O)(=O)O)cc2)ccc1Nc1ccc(N=Nc2ccc(N=Nc3ccc(Nc4ccccc4)c4c(S(=O)(=O)O)cccc34)c3cc(S(=O)(=O)O)ccc23)cc1. The molecule has 0 radical (unpaired) electrons. The van der Waals surface area contributed by atoms with E-state index in [4.69, 9.17) is 0 Å². The monoisotopic (exact) mass is 1010 g/mol. The highest BCUT2D eigenvalue weighted by Crippen LogP contribution is 2.41. The molecule has 0 aliphatic heterocycles. The molecule has 69 heavy (non-hydrogen) atoms. The number of benzene rings is 8. The first-order valence-electron chi connectivity index (χ1n) is 19.6. The first-order chi connectivity index (χ1) is 32.6. The third-order valence-corrected chi connectivity index (χ3v) is 14.1. The summed E-state index contributed by atoms with van der Waals surface area (Å²) in [6.45, 7) is 0. The molecular weight excluding hydrogens is 977 g/mol. The Morgan fingerprint density at radius 1 is 0.449 bits per heavy atom. The third-order valence-electron chi connectivity index (χ3n) is 10.1. The Balaban J connectivity index is 1.05. The van der Waals surface area contributed by atoms with E-state index in [0.29, 0.717) is 33.5 Å². The fraction of sp³-hybridized carbons (Fsp3) is 0. The van der Waals surface area contributed by atoms with Crippen LogP contribution in [0.3, 0.4) is 0 Å². The van der Waals surface area contributed by atoms with Gasteiger partial charge < -0.3 is 10.6 Å². The lowest BCUT2D eigenvalue weighted by molar-refractivity contribution is -0.384. The minimum absolute atomic E-state index is 0.0630. The Labute approximate surface area is 392 Å². The summed E-state index contributed by atoms with van der Waals surface area (Å²) >= 11 is 0. The minimum Gasteiger partial charge on any atom is -0.355 e. The number of nitro benzene ring substituents is 1. The summed E-state index contributed by atoms with van der Waals surface area (Å²) in [5, 5.41) is 36.4. The van der Waals surface area contributed by atoms with Gasteiger partial charge in [-0.25, -0.2) is 8.42 Å². The maximum absolute atomic E-state index is 13.1. The van der Waals surface area contributed by atoms with Gasteiger partial charge in [-0.1, -0.05) is 36.4 Å². The van der Waals surface area contributed by atoms with Crippen LogP contribution in [-0.4, -0.2) is 52.3 Å². The first-order valence-corrected chi connectivity index (χ1v) is 25.4. The Hall–Kier alpha value is -8.04. The molecule has 350 valence electrons. The summed E-state index contributed by atoms with van der Waals surface area (Å²) in [6, 6.07) is 36.4. The minimum atomic E-state index is -4.71. The highest BCUT2D eigenvalue weighted by molar-refractivity contribution is 7.92. The van der Waals surface area contributed by atoms with E-state index in [1.54, 1.807) is 42.5 Å². The summed E-state index contributed by atoms with van der Waals surface area (Å²) in [6.07, 6.45) is 0. The number of hydrogen-bond acceptors (Lipinski definition) is 16. The molecule has 0 saturated heterocycles. The number of anilines is 5. The molecule has 6 N–H and O–H groups in total. The Kier molecular flexibility index (Phi) is 12.8. The molecule has 0 amide bonds. The largest absolute Gasteiger partial charge is 0.355 e. The van der Waals surface area contributed by atoms with E-state index in [0.717, 1.165) is 42.5 Å². The summed E-state index contributed by atoms with van der Waals surface area (Å²) in [7, 11) is -18.3. The fourth-order valence-electron chi connectivity index (χ4n) is 6.90. The van der Waals surface area contributed by atoms with Crippen molar-refractivity contribution in [2.75, 3.05) is 15.4 Å². The van der Waals surface area contributed by atoms with Gasteiger partial charge in [0.15, 0.2) is 0 Å². The zero-order valence-electron chi connectivity index (χ0n) is 34.8. The number of para-hydroxylation sites is 1. The lowest BCUT2D eigenvalue weighted by atomic mass is 10.1. The zero-order chi connectivity index (χ0) is 49.3. The van der Waals surface area contributed by atoms with Crippen LogP contribution in [0.4, 0.5) is 56.9 Å².